The van der Waals surface area contributed by atoms with Crippen molar-refractivity contribution in [3.8, 4) is 0 Å². The van der Waals surface area contributed by atoms with Crippen molar-refractivity contribution in [2.45, 2.75) is 6.92 Å². The number of carbonyl (C=O) groups excluding carboxylic acids is 1. The minimum atomic E-state index is -0.289. The van der Waals surface area contributed by atoms with Gasteiger partial charge in [-0.15, -0.1) is 0 Å². The van der Waals surface area contributed by atoms with Gasteiger partial charge in [-0.25, -0.2) is 4.79 Å². The maximum absolute atomic E-state index is 11.8. The Morgan fingerprint density at radius 3 is 2.47 bits per heavy atom. The molecule has 0 aliphatic rings. The Hall–Kier alpha value is -2.03. The topological polar surface area (TPSA) is 38.3 Å². The third kappa shape index (κ3) is 2.23. The lowest BCUT2D eigenvalue weighted by Gasteiger charge is -2.10. The average Bonchev–Trinajstić information content (AvgIpc) is 2.37. The summed E-state index contributed by atoms with van der Waals surface area (Å²) in [5, 5.41) is 5.16. The van der Waals surface area contributed by atoms with Gasteiger partial charge in [0.05, 0.1) is 12.2 Å². The van der Waals surface area contributed by atoms with Gasteiger partial charge in [-0.2, -0.15) is 0 Å². The smallest absolute Gasteiger partial charge is 0.340 e. The van der Waals surface area contributed by atoms with E-state index in [4.69, 9.17) is 4.74 Å². The SMILES string of the molecule is CCOC(=O)c1cc2ccccc2cc1NC. The number of hydrogen-bond donors (Lipinski definition) is 1. The number of hydrogen-bond acceptors (Lipinski definition) is 3. The van der Waals surface area contributed by atoms with Crippen molar-refractivity contribution in [1.29, 1.82) is 0 Å². The molecular weight excluding hydrogens is 214 g/mol. The zero-order valence-corrected chi connectivity index (χ0v) is 9.99. The quantitative estimate of drug-likeness (QED) is 0.822. The van der Waals surface area contributed by atoms with Crippen molar-refractivity contribution < 1.29 is 9.53 Å². The molecule has 0 heterocycles. The number of carbonyl (C=O) groups is 1. The van der Waals surface area contributed by atoms with Gasteiger partial charge >= 0.3 is 5.97 Å². The van der Waals surface area contributed by atoms with Crippen LogP contribution in [0.3, 0.4) is 0 Å². The van der Waals surface area contributed by atoms with Crippen LogP contribution in [-0.2, 0) is 4.74 Å². The van der Waals surface area contributed by atoms with E-state index in [0.717, 1.165) is 16.5 Å². The Bertz CT molecular complexity index is 549. The van der Waals surface area contributed by atoms with Crippen molar-refractivity contribution in [1.82, 2.24) is 0 Å². The van der Waals surface area contributed by atoms with E-state index >= 15 is 0 Å². The fourth-order valence-electron chi connectivity index (χ4n) is 1.82. The number of anilines is 1. The van der Waals surface area contributed by atoms with Crippen molar-refractivity contribution in [3.05, 3.63) is 42.0 Å². The third-order valence-electron chi connectivity index (χ3n) is 2.65. The summed E-state index contributed by atoms with van der Waals surface area (Å²) in [6.07, 6.45) is 0. The summed E-state index contributed by atoms with van der Waals surface area (Å²) < 4.78 is 5.04. The predicted octanol–water partition coefficient (Wildman–Crippen LogP) is 3.06. The molecule has 0 aromatic heterocycles. The van der Waals surface area contributed by atoms with Gasteiger partial charge in [0.1, 0.15) is 0 Å². The van der Waals surface area contributed by atoms with Gasteiger partial charge in [-0.05, 0) is 29.8 Å². The van der Waals surface area contributed by atoms with E-state index in [1.165, 1.54) is 0 Å². The number of esters is 1. The molecular formula is C14H15NO2. The maximum Gasteiger partial charge on any atom is 0.340 e. The van der Waals surface area contributed by atoms with Crippen LogP contribution in [0.2, 0.25) is 0 Å². The van der Waals surface area contributed by atoms with E-state index in [0.29, 0.717) is 12.2 Å². The monoisotopic (exact) mass is 229 g/mol. The molecule has 3 nitrogen and oxygen atoms in total. The van der Waals surface area contributed by atoms with Crippen LogP contribution >= 0.6 is 0 Å². The lowest BCUT2D eigenvalue weighted by Crippen LogP contribution is -2.08. The summed E-state index contributed by atoms with van der Waals surface area (Å²) in [4.78, 5) is 11.8. The molecule has 2 aromatic rings. The molecule has 3 heteroatoms. The van der Waals surface area contributed by atoms with Gasteiger partial charge in [0.25, 0.3) is 0 Å². The van der Waals surface area contributed by atoms with Gasteiger partial charge in [-0.3, -0.25) is 0 Å². The molecule has 0 amide bonds. The zero-order valence-electron chi connectivity index (χ0n) is 9.99. The fourth-order valence-corrected chi connectivity index (χ4v) is 1.82. The highest BCUT2D eigenvalue weighted by atomic mass is 16.5. The molecule has 0 aliphatic heterocycles. The molecule has 0 unspecified atom stereocenters. The molecule has 0 bridgehead atoms. The Labute approximate surface area is 100 Å². The van der Waals surface area contributed by atoms with Gasteiger partial charge in [0.15, 0.2) is 0 Å². The summed E-state index contributed by atoms with van der Waals surface area (Å²) in [7, 11) is 1.80. The molecule has 0 spiro atoms. The molecule has 0 fully saturated rings. The lowest BCUT2D eigenvalue weighted by molar-refractivity contribution is 0.0527. The fraction of sp³-hybridized carbons (Fsp3) is 0.214. The van der Waals surface area contributed by atoms with Crippen LogP contribution in [0.25, 0.3) is 10.8 Å². The molecule has 1 N–H and O–H groups in total. The van der Waals surface area contributed by atoms with Gasteiger partial charge < -0.3 is 10.1 Å². The molecule has 17 heavy (non-hydrogen) atoms. The molecule has 88 valence electrons. The Kier molecular flexibility index (Phi) is 3.28. The van der Waals surface area contributed by atoms with Crippen LogP contribution in [-0.4, -0.2) is 19.6 Å². The number of ether oxygens (including phenoxy) is 1. The van der Waals surface area contributed by atoms with E-state index < -0.39 is 0 Å². The summed E-state index contributed by atoms with van der Waals surface area (Å²) in [6, 6.07) is 11.8. The number of rotatable bonds is 3. The van der Waals surface area contributed by atoms with Crippen LogP contribution in [0.15, 0.2) is 36.4 Å². The molecule has 0 aliphatic carbocycles. The first kappa shape index (κ1) is 11.5. The van der Waals surface area contributed by atoms with Gasteiger partial charge in [0, 0.05) is 12.7 Å². The number of nitrogens with one attached hydrogen (secondary N) is 1. The van der Waals surface area contributed by atoms with Crippen LogP contribution in [0, 0.1) is 0 Å². The highest BCUT2D eigenvalue weighted by Gasteiger charge is 2.12. The van der Waals surface area contributed by atoms with Crippen LogP contribution < -0.4 is 5.32 Å². The lowest BCUT2D eigenvalue weighted by atomic mass is 10.0. The van der Waals surface area contributed by atoms with E-state index in [9.17, 15) is 4.79 Å². The second kappa shape index (κ2) is 4.87. The average molecular weight is 229 g/mol. The third-order valence-corrected chi connectivity index (χ3v) is 2.65. The van der Waals surface area contributed by atoms with E-state index in [2.05, 4.69) is 5.32 Å². The molecule has 0 radical (unpaired) electrons. The first-order valence-electron chi connectivity index (χ1n) is 5.64. The minimum absolute atomic E-state index is 0.289. The highest BCUT2D eigenvalue weighted by molar-refractivity contribution is 6.01. The van der Waals surface area contributed by atoms with Crippen LogP contribution in [0.1, 0.15) is 17.3 Å². The molecule has 2 rings (SSSR count). The van der Waals surface area contributed by atoms with Gasteiger partial charge in [0.2, 0.25) is 0 Å². The normalized spacial score (nSPS) is 10.2. The molecule has 2 aromatic carbocycles. The Balaban J connectivity index is 2.56. The minimum Gasteiger partial charge on any atom is -0.462 e. The maximum atomic E-state index is 11.8. The van der Waals surface area contributed by atoms with Crippen molar-refractivity contribution in [2.24, 2.45) is 0 Å². The Morgan fingerprint density at radius 1 is 1.24 bits per heavy atom. The summed E-state index contributed by atoms with van der Waals surface area (Å²) in [5.74, 6) is -0.289. The first-order valence-corrected chi connectivity index (χ1v) is 5.64. The standard InChI is InChI=1S/C14H15NO2/c1-3-17-14(16)12-8-10-6-4-5-7-11(10)9-13(12)15-2/h4-9,15H,3H2,1-2H3. The molecule has 0 saturated carbocycles. The second-order valence-electron chi connectivity index (χ2n) is 3.72. The van der Waals surface area contributed by atoms with Crippen molar-refractivity contribution >= 4 is 22.4 Å². The number of benzene rings is 2. The predicted molar refractivity (Wildman–Crippen MR) is 69.5 cm³/mol. The first-order chi connectivity index (χ1) is 8.26. The molecule has 0 atom stereocenters. The van der Waals surface area contributed by atoms with Crippen LogP contribution in [0.4, 0.5) is 5.69 Å². The second-order valence-corrected chi connectivity index (χ2v) is 3.72. The summed E-state index contributed by atoms with van der Waals surface area (Å²) in [5.41, 5.74) is 1.37. The number of fused-ring (bicyclic) bond motifs is 1. The molecule has 0 saturated heterocycles. The van der Waals surface area contributed by atoms with Crippen molar-refractivity contribution in [3.63, 3.8) is 0 Å². The van der Waals surface area contributed by atoms with Crippen LogP contribution in [0.5, 0.6) is 0 Å². The van der Waals surface area contributed by atoms with E-state index in [-0.39, 0.29) is 5.97 Å². The zero-order chi connectivity index (χ0) is 12.3. The van der Waals surface area contributed by atoms with Crippen molar-refractivity contribution in [2.75, 3.05) is 19.0 Å². The summed E-state index contributed by atoms with van der Waals surface area (Å²) >= 11 is 0. The van der Waals surface area contributed by atoms with E-state index in [1.807, 2.05) is 36.4 Å². The highest BCUT2D eigenvalue weighted by Crippen LogP contribution is 2.24. The van der Waals surface area contributed by atoms with E-state index in [1.54, 1.807) is 14.0 Å². The van der Waals surface area contributed by atoms with Gasteiger partial charge in [-0.1, -0.05) is 24.3 Å². The Morgan fingerprint density at radius 2 is 1.88 bits per heavy atom. The largest absolute Gasteiger partial charge is 0.462 e. The summed E-state index contributed by atoms with van der Waals surface area (Å²) in [6.45, 7) is 2.19.